The van der Waals surface area contributed by atoms with Crippen LogP contribution < -0.4 is 4.90 Å². The SMILES string of the molecule is Cc1cccc(-c2cc(C)cc(-c3ccc(N(c4ccc(-c5ccccc5)cc4)c4ccc(-c5ccccc5)cc4)cc3)c2)c1. The van der Waals surface area contributed by atoms with Gasteiger partial charge in [0.2, 0.25) is 0 Å². The summed E-state index contributed by atoms with van der Waals surface area (Å²) in [6.07, 6.45) is 0. The summed E-state index contributed by atoms with van der Waals surface area (Å²) in [5.74, 6) is 0. The van der Waals surface area contributed by atoms with Gasteiger partial charge in [0.15, 0.2) is 0 Å². The molecule has 0 heterocycles. The van der Waals surface area contributed by atoms with Crippen LogP contribution in [0.2, 0.25) is 0 Å². The molecule has 0 saturated carbocycles. The van der Waals surface area contributed by atoms with Crippen LogP contribution in [0.15, 0.2) is 176 Å². The van der Waals surface area contributed by atoms with Crippen molar-refractivity contribution in [3.63, 3.8) is 0 Å². The lowest BCUT2D eigenvalue weighted by atomic mass is 9.95. The van der Waals surface area contributed by atoms with E-state index in [-0.39, 0.29) is 0 Å². The van der Waals surface area contributed by atoms with Gasteiger partial charge in [0, 0.05) is 17.1 Å². The molecule has 0 N–H and O–H groups in total. The maximum absolute atomic E-state index is 2.34. The molecular weight excluding hydrogens is 542 g/mol. The highest BCUT2D eigenvalue weighted by molar-refractivity contribution is 5.82. The van der Waals surface area contributed by atoms with Crippen LogP contribution >= 0.6 is 0 Å². The maximum atomic E-state index is 2.34. The van der Waals surface area contributed by atoms with Gasteiger partial charge in [0.1, 0.15) is 0 Å². The monoisotopic (exact) mass is 577 g/mol. The highest BCUT2D eigenvalue weighted by Crippen LogP contribution is 2.38. The molecule has 45 heavy (non-hydrogen) atoms. The number of aryl methyl sites for hydroxylation is 2. The van der Waals surface area contributed by atoms with E-state index in [2.05, 4.69) is 195 Å². The van der Waals surface area contributed by atoms with E-state index < -0.39 is 0 Å². The fourth-order valence-electron chi connectivity index (χ4n) is 6.06. The van der Waals surface area contributed by atoms with Gasteiger partial charge in [-0.05, 0) is 106 Å². The Morgan fingerprint density at radius 1 is 0.267 bits per heavy atom. The van der Waals surface area contributed by atoms with Crippen LogP contribution in [0.4, 0.5) is 17.1 Å². The van der Waals surface area contributed by atoms with Crippen molar-refractivity contribution in [2.24, 2.45) is 0 Å². The molecule has 0 fully saturated rings. The standard InChI is InChI=1S/C44H35N/c1-32-10-9-15-39(28-32)41-30-33(2)29-40(31-41)38-20-26-44(27-21-38)45(42-22-16-36(17-23-42)34-11-5-3-6-12-34)43-24-18-37(19-25-43)35-13-7-4-8-14-35/h3-31H,1-2H3. The molecule has 0 saturated heterocycles. The number of benzene rings is 7. The average molecular weight is 578 g/mol. The predicted octanol–water partition coefficient (Wildman–Crippen LogP) is 12.4. The molecule has 0 aliphatic rings. The third kappa shape index (κ3) is 6.20. The number of rotatable bonds is 7. The van der Waals surface area contributed by atoms with E-state index >= 15 is 0 Å². The molecule has 0 aliphatic carbocycles. The highest BCUT2D eigenvalue weighted by Gasteiger charge is 2.14. The van der Waals surface area contributed by atoms with Gasteiger partial charge in [-0.25, -0.2) is 0 Å². The van der Waals surface area contributed by atoms with E-state index in [4.69, 9.17) is 0 Å². The molecule has 0 aliphatic heterocycles. The zero-order valence-electron chi connectivity index (χ0n) is 25.7. The molecule has 0 unspecified atom stereocenters. The Bertz CT molecular complexity index is 1940. The quantitative estimate of drug-likeness (QED) is 0.182. The maximum Gasteiger partial charge on any atom is 0.0462 e. The van der Waals surface area contributed by atoms with Crippen molar-refractivity contribution in [1.82, 2.24) is 0 Å². The molecule has 7 rings (SSSR count). The van der Waals surface area contributed by atoms with Gasteiger partial charge in [-0.15, -0.1) is 0 Å². The Balaban J connectivity index is 1.25. The molecule has 0 radical (unpaired) electrons. The van der Waals surface area contributed by atoms with Crippen molar-refractivity contribution >= 4 is 17.1 Å². The molecule has 1 heteroatoms. The summed E-state index contributed by atoms with van der Waals surface area (Å²) in [7, 11) is 0. The summed E-state index contributed by atoms with van der Waals surface area (Å²) in [5, 5.41) is 0. The topological polar surface area (TPSA) is 3.24 Å². The van der Waals surface area contributed by atoms with Crippen LogP contribution in [0.3, 0.4) is 0 Å². The Labute approximate surface area is 266 Å². The first-order valence-corrected chi connectivity index (χ1v) is 15.5. The lowest BCUT2D eigenvalue weighted by Gasteiger charge is -2.26. The second-order valence-electron chi connectivity index (χ2n) is 11.7. The van der Waals surface area contributed by atoms with Crippen molar-refractivity contribution in [1.29, 1.82) is 0 Å². The third-order valence-corrected chi connectivity index (χ3v) is 8.35. The fraction of sp³-hybridized carbons (Fsp3) is 0.0455. The molecule has 0 spiro atoms. The second kappa shape index (κ2) is 12.5. The fourth-order valence-corrected chi connectivity index (χ4v) is 6.06. The van der Waals surface area contributed by atoms with Gasteiger partial charge >= 0.3 is 0 Å². The number of nitrogens with zero attached hydrogens (tertiary/aromatic N) is 1. The van der Waals surface area contributed by atoms with Crippen LogP contribution in [0.1, 0.15) is 11.1 Å². The van der Waals surface area contributed by atoms with Crippen LogP contribution in [-0.2, 0) is 0 Å². The minimum atomic E-state index is 1.12. The highest BCUT2D eigenvalue weighted by atomic mass is 15.1. The predicted molar refractivity (Wildman–Crippen MR) is 192 cm³/mol. The van der Waals surface area contributed by atoms with E-state index in [0.29, 0.717) is 0 Å². The van der Waals surface area contributed by atoms with Crippen LogP contribution in [0.5, 0.6) is 0 Å². The zero-order chi connectivity index (χ0) is 30.6. The summed E-state index contributed by atoms with van der Waals surface area (Å²) in [5.41, 5.74) is 15.7. The van der Waals surface area contributed by atoms with E-state index in [0.717, 1.165) is 17.1 Å². The lowest BCUT2D eigenvalue weighted by molar-refractivity contribution is 1.28. The Kier molecular flexibility index (Phi) is 7.83. The minimum absolute atomic E-state index is 1.12. The average Bonchev–Trinajstić information content (AvgIpc) is 3.10. The van der Waals surface area contributed by atoms with Crippen LogP contribution in [-0.4, -0.2) is 0 Å². The second-order valence-corrected chi connectivity index (χ2v) is 11.7. The van der Waals surface area contributed by atoms with Crippen molar-refractivity contribution in [3.8, 4) is 44.5 Å². The molecular formula is C44H35N. The van der Waals surface area contributed by atoms with E-state index in [9.17, 15) is 0 Å². The molecule has 1 nitrogen and oxygen atoms in total. The summed E-state index contributed by atoms with van der Waals surface area (Å²) in [4.78, 5) is 2.34. The first-order chi connectivity index (χ1) is 22.1. The molecule has 0 amide bonds. The van der Waals surface area contributed by atoms with Crippen molar-refractivity contribution in [3.05, 3.63) is 187 Å². The Morgan fingerprint density at radius 2 is 0.622 bits per heavy atom. The van der Waals surface area contributed by atoms with E-state index in [1.54, 1.807) is 0 Å². The van der Waals surface area contributed by atoms with E-state index in [1.165, 1.54) is 55.6 Å². The normalized spacial score (nSPS) is 10.9. The molecule has 0 atom stereocenters. The van der Waals surface area contributed by atoms with E-state index in [1.807, 2.05) is 0 Å². The summed E-state index contributed by atoms with van der Waals surface area (Å²) in [6, 6.07) is 63.4. The largest absolute Gasteiger partial charge is 0.311 e. The number of anilines is 3. The smallest absolute Gasteiger partial charge is 0.0462 e. The van der Waals surface area contributed by atoms with Gasteiger partial charge in [0.25, 0.3) is 0 Å². The Morgan fingerprint density at radius 3 is 1.07 bits per heavy atom. The summed E-state index contributed by atoms with van der Waals surface area (Å²) in [6.45, 7) is 4.33. The van der Waals surface area contributed by atoms with Crippen LogP contribution in [0.25, 0.3) is 44.5 Å². The molecule has 7 aromatic carbocycles. The lowest BCUT2D eigenvalue weighted by Crippen LogP contribution is -2.09. The number of hydrogen-bond donors (Lipinski definition) is 0. The van der Waals surface area contributed by atoms with Crippen molar-refractivity contribution in [2.75, 3.05) is 4.90 Å². The van der Waals surface area contributed by atoms with Crippen LogP contribution in [0, 0.1) is 13.8 Å². The van der Waals surface area contributed by atoms with Gasteiger partial charge in [-0.2, -0.15) is 0 Å². The van der Waals surface area contributed by atoms with Crippen molar-refractivity contribution in [2.45, 2.75) is 13.8 Å². The summed E-state index contributed by atoms with van der Waals surface area (Å²) < 4.78 is 0. The van der Waals surface area contributed by atoms with Crippen molar-refractivity contribution < 1.29 is 0 Å². The summed E-state index contributed by atoms with van der Waals surface area (Å²) >= 11 is 0. The zero-order valence-corrected chi connectivity index (χ0v) is 25.7. The van der Waals surface area contributed by atoms with Gasteiger partial charge in [-0.1, -0.05) is 139 Å². The molecule has 0 bridgehead atoms. The van der Waals surface area contributed by atoms with Gasteiger partial charge < -0.3 is 4.90 Å². The van der Waals surface area contributed by atoms with Gasteiger partial charge in [0.05, 0.1) is 0 Å². The molecule has 7 aromatic rings. The first-order valence-electron chi connectivity index (χ1n) is 15.5. The Hall–Kier alpha value is -5.66. The minimum Gasteiger partial charge on any atom is -0.311 e. The molecule has 0 aromatic heterocycles. The molecule has 216 valence electrons. The number of hydrogen-bond acceptors (Lipinski definition) is 1. The first kappa shape index (κ1) is 28.1. The third-order valence-electron chi connectivity index (χ3n) is 8.35. The van der Waals surface area contributed by atoms with Gasteiger partial charge in [-0.3, -0.25) is 0 Å².